The van der Waals surface area contributed by atoms with Crippen LogP contribution in [-0.4, -0.2) is 22.4 Å². The Morgan fingerprint density at radius 1 is 1.03 bits per heavy atom. The van der Waals surface area contributed by atoms with E-state index in [4.69, 9.17) is 0 Å². The smallest absolute Gasteiger partial charge is 0.250 e. The third-order valence-corrected chi connectivity index (χ3v) is 6.01. The van der Waals surface area contributed by atoms with Crippen molar-refractivity contribution in [3.63, 3.8) is 0 Å². The third kappa shape index (κ3) is 5.42. The number of thioether (sulfide) groups is 1. The van der Waals surface area contributed by atoms with Gasteiger partial charge in [-0.2, -0.15) is 5.10 Å². The monoisotopic (exact) mass is 419 g/mol. The fourth-order valence-corrected chi connectivity index (χ4v) is 4.48. The number of benzene rings is 2. The van der Waals surface area contributed by atoms with Gasteiger partial charge < -0.3 is 4.57 Å². The first-order valence-electron chi connectivity index (χ1n) is 10.1. The maximum Gasteiger partial charge on any atom is 0.250 e. The van der Waals surface area contributed by atoms with Crippen molar-refractivity contribution in [2.24, 2.45) is 5.10 Å². The Morgan fingerprint density at radius 2 is 1.73 bits per heavy atom. The van der Waals surface area contributed by atoms with Crippen molar-refractivity contribution >= 4 is 23.9 Å². The molecule has 2 aromatic carbocycles. The number of aromatic nitrogens is 1. The lowest BCUT2D eigenvalue weighted by molar-refractivity contribution is -0.118. The Bertz CT molecular complexity index is 1060. The highest BCUT2D eigenvalue weighted by atomic mass is 32.2. The molecule has 0 saturated heterocycles. The summed E-state index contributed by atoms with van der Waals surface area (Å²) in [5.41, 5.74) is 12.0. The summed E-state index contributed by atoms with van der Waals surface area (Å²) in [6.07, 6.45) is 1.73. The highest BCUT2D eigenvalue weighted by molar-refractivity contribution is 7.99. The van der Waals surface area contributed by atoms with E-state index in [1.807, 2.05) is 12.1 Å². The molecule has 1 amide bonds. The van der Waals surface area contributed by atoms with Crippen molar-refractivity contribution in [3.8, 4) is 5.69 Å². The van der Waals surface area contributed by atoms with E-state index in [9.17, 15) is 4.79 Å². The Kier molecular flexibility index (Phi) is 7.16. The van der Waals surface area contributed by atoms with Crippen molar-refractivity contribution in [2.75, 3.05) is 5.75 Å². The molecule has 0 radical (unpaired) electrons. The fourth-order valence-electron chi connectivity index (χ4n) is 3.72. The quantitative estimate of drug-likeness (QED) is 0.411. The van der Waals surface area contributed by atoms with Crippen LogP contribution in [0, 0.1) is 34.6 Å². The molecule has 0 unspecified atom stereocenters. The highest BCUT2D eigenvalue weighted by Gasteiger charge is 2.11. The van der Waals surface area contributed by atoms with Gasteiger partial charge in [0.25, 0.3) is 0 Å². The number of hydrazone groups is 1. The zero-order valence-electron chi connectivity index (χ0n) is 18.3. The number of amides is 1. The van der Waals surface area contributed by atoms with Gasteiger partial charge >= 0.3 is 0 Å². The highest BCUT2D eigenvalue weighted by Crippen LogP contribution is 2.22. The molecule has 4 nitrogen and oxygen atoms in total. The summed E-state index contributed by atoms with van der Waals surface area (Å²) in [6.45, 7) is 10.5. The number of hydrogen-bond acceptors (Lipinski definition) is 3. The first-order valence-corrected chi connectivity index (χ1v) is 11.2. The number of carbonyl (C=O) groups excluding carboxylic acids is 1. The molecule has 0 bridgehead atoms. The predicted octanol–water partition coefficient (Wildman–Crippen LogP) is 5.40. The second-order valence-electron chi connectivity index (χ2n) is 7.73. The Morgan fingerprint density at radius 3 is 2.43 bits per heavy atom. The summed E-state index contributed by atoms with van der Waals surface area (Å²) in [4.78, 5) is 12.1. The summed E-state index contributed by atoms with van der Waals surface area (Å²) in [5.74, 6) is 1.11. The van der Waals surface area contributed by atoms with E-state index in [2.05, 4.69) is 86.1 Å². The third-order valence-electron chi connectivity index (χ3n) is 5.00. The van der Waals surface area contributed by atoms with Gasteiger partial charge in [-0.15, -0.1) is 11.8 Å². The van der Waals surface area contributed by atoms with Crippen LogP contribution in [0.1, 0.15) is 39.2 Å². The van der Waals surface area contributed by atoms with E-state index in [1.54, 1.807) is 18.0 Å². The van der Waals surface area contributed by atoms with Crippen LogP contribution in [0.3, 0.4) is 0 Å². The number of carbonyl (C=O) groups is 1. The fraction of sp³-hybridized carbons (Fsp3) is 0.280. The predicted molar refractivity (Wildman–Crippen MR) is 128 cm³/mol. The Hall–Kier alpha value is -2.79. The Balaban J connectivity index is 1.57. The second-order valence-corrected chi connectivity index (χ2v) is 8.72. The van der Waals surface area contributed by atoms with Crippen LogP contribution in [0.25, 0.3) is 5.69 Å². The molecule has 1 N–H and O–H groups in total. The summed E-state index contributed by atoms with van der Waals surface area (Å²) in [5, 5.41) is 4.18. The molecule has 1 aromatic heterocycles. The van der Waals surface area contributed by atoms with E-state index < -0.39 is 0 Å². The molecular weight excluding hydrogens is 390 g/mol. The molecule has 0 aliphatic carbocycles. The van der Waals surface area contributed by atoms with Crippen molar-refractivity contribution in [1.29, 1.82) is 0 Å². The minimum Gasteiger partial charge on any atom is -0.318 e. The first kappa shape index (κ1) is 21.9. The molecule has 1 heterocycles. The summed E-state index contributed by atoms with van der Waals surface area (Å²) in [6, 6.07) is 16.9. The lowest BCUT2D eigenvalue weighted by Crippen LogP contribution is -2.19. The van der Waals surface area contributed by atoms with Crippen LogP contribution in [-0.2, 0) is 10.5 Å². The molecule has 0 fully saturated rings. The molecule has 3 aromatic rings. The molecule has 0 aliphatic heterocycles. The molecule has 156 valence electrons. The van der Waals surface area contributed by atoms with Gasteiger partial charge in [-0.25, -0.2) is 5.43 Å². The van der Waals surface area contributed by atoms with E-state index in [0.717, 1.165) is 22.7 Å². The van der Waals surface area contributed by atoms with Gasteiger partial charge in [0, 0.05) is 28.4 Å². The molecule has 3 rings (SSSR count). The van der Waals surface area contributed by atoms with E-state index in [1.165, 1.54) is 27.9 Å². The van der Waals surface area contributed by atoms with Gasteiger partial charge in [-0.05, 0) is 57.9 Å². The van der Waals surface area contributed by atoms with Crippen molar-refractivity contribution in [3.05, 3.63) is 87.7 Å². The molecular formula is C25H29N3OS. The zero-order chi connectivity index (χ0) is 21.7. The number of para-hydroxylation sites is 1. The molecule has 0 spiro atoms. The number of nitrogens with one attached hydrogen (secondary N) is 1. The van der Waals surface area contributed by atoms with E-state index in [-0.39, 0.29) is 5.91 Å². The van der Waals surface area contributed by atoms with Gasteiger partial charge in [-0.1, -0.05) is 47.5 Å². The molecule has 0 aliphatic rings. The molecule has 0 atom stereocenters. The average molecular weight is 420 g/mol. The minimum atomic E-state index is -0.0895. The molecule has 5 heteroatoms. The van der Waals surface area contributed by atoms with Crippen molar-refractivity contribution in [2.45, 2.75) is 40.4 Å². The topological polar surface area (TPSA) is 46.4 Å². The largest absolute Gasteiger partial charge is 0.318 e. The standard InChI is InChI=1S/C25H29N3OS/c1-17-10-18(2)12-22(11-17)15-30-16-25(29)27-26-14-23-13-20(4)28(21(23)5)24-9-7-6-8-19(24)3/h6-14H,15-16H2,1-5H3,(H,27,29)/b26-14-. The number of aryl methyl sites for hydroxylation is 4. The minimum absolute atomic E-state index is 0.0895. The molecule has 30 heavy (non-hydrogen) atoms. The van der Waals surface area contributed by atoms with Crippen LogP contribution in [0.4, 0.5) is 0 Å². The first-order chi connectivity index (χ1) is 14.3. The lowest BCUT2D eigenvalue weighted by atomic mass is 10.1. The van der Waals surface area contributed by atoms with Gasteiger partial charge in [-0.3, -0.25) is 4.79 Å². The van der Waals surface area contributed by atoms with Crippen LogP contribution in [0.5, 0.6) is 0 Å². The summed E-state index contributed by atoms with van der Waals surface area (Å²) in [7, 11) is 0. The Labute approximate surface area is 183 Å². The number of rotatable bonds is 7. The zero-order valence-corrected chi connectivity index (χ0v) is 19.1. The summed E-state index contributed by atoms with van der Waals surface area (Å²) >= 11 is 1.60. The van der Waals surface area contributed by atoms with Crippen molar-refractivity contribution < 1.29 is 4.79 Å². The normalized spacial score (nSPS) is 11.2. The van der Waals surface area contributed by atoms with Gasteiger partial charge in [0.15, 0.2) is 0 Å². The maximum atomic E-state index is 12.1. The van der Waals surface area contributed by atoms with Crippen LogP contribution in [0.2, 0.25) is 0 Å². The molecule has 0 saturated carbocycles. The lowest BCUT2D eigenvalue weighted by Gasteiger charge is -2.12. The van der Waals surface area contributed by atoms with Crippen LogP contribution >= 0.6 is 11.8 Å². The second kappa shape index (κ2) is 9.81. The van der Waals surface area contributed by atoms with Gasteiger partial charge in [0.05, 0.1) is 12.0 Å². The van der Waals surface area contributed by atoms with E-state index >= 15 is 0 Å². The SMILES string of the molecule is Cc1cc(C)cc(CSCC(=O)N/N=C\c2cc(C)n(-c3ccccc3C)c2C)c1. The van der Waals surface area contributed by atoms with Crippen LogP contribution in [0.15, 0.2) is 53.6 Å². The number of hydrogen-bond donors (Lipinski definition) is 1. The average Bonchev–Trinajstić information content (AvgIpc) is 2.95. The van der Waals surface area contributed by atoms with Gasteiger partial charge in [0.1, 0.15) is 0 Å². The summed E-state index contributed by atoms with van der Waals surface area (Å²) < 4.78 is 2.22. The van der Waals surface area contributed by atoms with Crippen LogP contribution < -0.4 is 5.43 Å². The van der Waals surface area contributed by atoms with E-state index in [0.29, 0.717) is 5.75 Å². The number of nitrogens with zero attached hydrogens (tertiary/aromatic N) is 2. The maximum absolute atomic E-state index is 12.1. The van der Waals surface area contributed by atoms with Gasteiger partial charge in [0.2, 0.25) is 5.91 Å². The van der Waals surface area contributed by atoms with Crippen molar-refractivity contribution in [1.82, 2.24) is 9.99 Å².